The van der Waals surface area contributed by atoms with E-state index >= 15 is 0 Å². The quantitative estimate of drug-likeness (QED) is 0.385. The molecule has 0 saturated carbocycles. The molecule has 4 heterocycles. The molecule has 2 aliphatic heterocycles. The summed E-state index contributed by atoms with van der Waals surface area (Å²) in [6, 6.07) is 6.82. The minimum atomic E-state index is 0.347. The molecule has 1 aromatic carbocycles. The number of rotatable bonds is 7. The Morgan fingerprint density at radius 1 is 1.12 bits per heavy atom. The molecule has 0 bridgehead atoms. The minimum Gasteiger partial charge on any atom is -0.369 e. The van der Waals surface area contributed by atoms with Gasteiger partial charge < -0.3 is 31.2 Å². The molecule has 32 heavy (non-hydrogen) atoms. The van der Waals surface area contributed by atoms with Crippen LogP contribution in [0.4, 0.5) is 17.5 Å². The lowest BCUT2D eigenvalue weighted by Crippen LogP contribution is -2.43. The first-order valence-corrected chi connectivity index (χ1v) is 11.8. The summed E-state index contributed by atoms with van der Waals surface area (Å²) >= 11 is 0. The summed E-state index contributed by atoms with van der Waals surface area (Å²) in [6.07, 6.45) is 5.19. The van der Waals surface area contributed by atoms with E-state index in [1.165, 1.54) is 12.1 Å². The average molecular weight is 436 g/mol. The van der Waals surface area contributed by atoms with E-state index in [4.69, 9.17) is 9.97 Å². The number of imidazole rings is 1. The summed E-state index contributed by atoms with van der Waals surface area (Å²) in [7, 11) is 0. The van der Waals surface area contributed by atoms with E-state index in [0.29, 0.717) is 12.0 Å². The lowest BCUT2D eigenvalue weighted by atomic mass is 10.1. The van der Waals surface area contributed by atoms with Crippen LogP contribution in [0.1, 0.15) is 26.2 Å². The molecular formula is C23H33N9. The van der Waals surface area contributed by atoms with Crippen LogP contribution in [-0.4, -0.2) is 71.8 Å². The van der Waals surface area contributed by atoms with E-state index in [0.717, 1.165) is 86.9 Å². The summed E-state index contributed by atoms with van der Waals surface area (Å²) in [5.74, 6) is 2.28. The van der Waals surface area contributed by atoms with Gasteiger partial charge in [0.2, 0.25) is 5.95 Å². The molecule has 0 radical (unpaired) electrons. The fourth-order valence-electron chi connectivity index (χ4n) is 4.40. The Morgan fingerprint density at radius 3 is 2.84 bits per heavy atom. The van der Waals surface area contributed by atoms with Gasteiger partial charge in [-0.05, 0) is 44.0 Å². The van der Waals surface area contributed by atoms with E-state index in [-0.39, 0.29) is 0 Å². The maximum absolute atomic E-state index is 4.87. The smallest absolute Gasteiger partial charge is 0.224 e. The van der Waals surface area contributed by atoms with Crippen molar-refractivity contribution in [1.29, 1.82) is 0 Å². The molecule has 2 aromatic heterocycles. The summed E-state index contributed by atoms with van der Waals surface area (Å²) in [5.41, 5.74) is 4.13. The fraction of sp³-hybridized carbons (Fsp3) is 0.522. The predicted octanol–water partition coefficient (Wildman–Crippen LogP) is 2.42. The van der Waals surface area contributed by atoms with Crippen molar-refractivity contribution in [2.45, 2.75) is 32.2 Å². The number of hydrogen-bond acceptors (Lipinski definition) is 8. The number of hydrogen-bond donors (Lipinski definition) is 5. The standard InChI is InChI=1S/C23H33N9/c1-2-7-26-23-27-15-18(21(31-23)28-16-4-3-8-25-14-16)22-29-19-6-5-17(13-20(19)30-22)32-11-9-24-10-12-32/h5-6,13,15-16,24-25H,2-4,7-12,14H2,1H3,(H,29,30)(H2,26,27,28,31). The minimum absolute atomic E-state index is 0.347. The molecule has 0 amide bonds. The largest absolute Gasteiger partial charge is 0.369 e. The SMILES string of the molecule is CCCNc1ncc(-c2nc3ccc(N4CCNCC4)cc3[nH]2)c(NC2CCCNC2)n1. The molecular weight excluding hydrogens is 402 g/mol. The van der Waals surface area contributed by atoms with E-state index < -0.39 is 0 Å². The van der Waals surface area contributed by atoms with Crippen molar-refractivity contribution in [3.05, 3.63) is 24.4 Å². The van der Waals surface area contributed by atoms with E-state index in [1.54, 1.807) is 0 Å². The van der Waals surface area contributed by atoms with Gasteiger partial charge >= 0.3 is 0 Å². The number of piperazine rings is 1. The van der Waals surface area contributed by atoms with Crippen molar-refractivity contribution in [2.24, 2.45) is 0 Å². The summed E-state index contributed by atoms with van der Waals surface area (Å²) < 4.78 is 0. The molecule has 1 unspecified atom stereocenters. The third-order valence-electron chi connectivity index (χ3n) is 6.16. The zero-order valence-corrected chi connectivity index (χ0v) is 18.7. The lowest BCUT2D eigenvalue weighted by Gasteiger charge is -2.29. The molecule has 2 aliphatic rings. The van der Waals surface area contributed by atoms with Crippen LogP contribution < -0.4 is 26.2 Å². The number of fused-ring (bicyclic) bond motifs is 1. The molecule has 2 saturated heterocycles. The first kappa shape index (κ1) is 21.0. The third kappa shape index (κ3) is 4.63. The second-order valence-corrected chi connectivity index (χ2v) is 8.59. The molecule has 0 aliphatic carbocycles. The number of nitrogens with zero attached hydrogens (tertiary/aromatic N) is 4. The maximum atomic E-state index is 4.87. The Labute approximate surface area is 188 Å². The Morgan fingerprint density at radius 2 is 2.03 bits per heavy atom. The molecule has 0 spiro atoms. The van der Waals surface area contributed by atoms with Gasteiger partial charge in [-0.3, -0.25) is 0 Å². The van der Waals surface area contributed by atoms with Crippen LogP contribution in [0.25, 0.3) is 22.4 Å². The summed E-state index contributed by atoms with van der Waals surface area (Å²) in [6.45, 7) is 9.10. The zero-order chi connectivity index (χ0) is 21.8. The molecule has 5 rings (SSSR count). The van der Waals surface area contributed by atoms with Gasteiger partial charge in [0.25, 0.3) is 0 Å². The number of benzene rings is 1. The Kier molecular flexibility index (Phi) is 6.36. The fourth-order valence-corrected chi connectivity index (χ4v) is 4.40. The van der Waals surface area contributed by atoms with E-state index in [9.17, 15) is 0 Å². The maximum Gasteiger partial charge on any atom is 0.224 e. The highest BCUT2D eigenvalue weighted by atomic mass is 15.2. The molecule has 9 heteroatoms. The first-order valence-electron chi connectivity index (χ1n) is 11.8. The van der Waals surface area contributed by atoms with Gasteiger partial charge in [0.1, 0.15) is 11.6 Å². The highest BCUT2D eigenvalue weighted by Crippen LogP contribution is 2.29. The highest BCUT2D eigenvalue weighted by Gasteiger charge is 2.19. The van der Waals surface area contributed by atoms with E-state index in [1.807, 2.05) is 6.20 Å². The van der Waals surface area contributed by atoms with E-state index in [2.05, 4.69) is 61.3 Å². The second kappa shape index (κ2) is 9.70. The van der Waals surface area contributed by atoms with Gasteiger partial charge in [-0.2, -0.15) is 4.98 Å². The normalized spacial score (nSPS) is 19.3. The lowest BCUT2D eigenvalue weighted by molar-refractivity contribution is 0.479. The molecule has 170 valence electrons. The van der Waals surface area contributed by atoms with Crippen LogP contribution in [0.3, 0.4) is 0 Å². The number of aromatic amines is 1. The third-order valence-corrected chi connectivity index (χ3v) is 6.16. The van der Waals surface area contributed by atoms with Crippen molar-refractivity contribution in [3.63, 3.8) is 0 Å². The molecule has 9 nitrogen and oxygen atoms in total. The highest BCUT2D eigenvalue weighted by molar-refractivity contribution is 5.84. The Bertz CT molecular complexity index is 1040. The van der Waals surface area contributed by atoms with Crippen LogP contribution in [0.5, 0.6) is 0 Å². The van der Waals surface area contributed by atoms with Gasteiger partial charge in [-0.25, -0.2) is 9.97 Å². The predicted molar refractivity (Wildman–Crippen MR) is 130 cm³/mol. The molecule has 5 N–H and O–H groups in total. The number of aromatic nitrogens is 4. The van der Waals surface area contributed by atoms with Crippen molar-refractivity contribution in [2.75, 3.05) is 61.3 Å². The van der Waals surface area contributed by atoms with Crippen LogP contribution in [0.2, 0.25) is 0 Å². The number of H-pyrrole nitrogens is 1. The van der Waals surface area contributed by atoms with Crippen LogP contribution >= 0.6 is 0 Å². The number of nitrogens with one attached hydrogen (secondary N) is 5. The topological polar surface area (TPSA) is 106 Å². The van der Waals surface area contributed by atoms with Gasteiger partial charge in [0, 0.05) is 57.2 Å². The summed E-state index contributed by atoms with van der Waals surface area (Å²) in [4.78, 5) is 20.2. The number of anilines is 3. The summed E-state index contributed by atoms with van der Waals surface area (Å²) in [5, 5.41) is 13.8. The average Bonchev–Trinajstić information content (AvgIpc) is 3.27. The second-order valence-electron chi connectivity index (χ2n) is 8.59. The molecule has 1 atom stereocenters. The Balaban J connectivity index is 1.46. The van der Waals surface area contributed by atoms with Gasteiger partial charge in [0.15, 0.2) is 0 Å². The number of piperidine rings is 1. The van der Waals surface area contributed by atoms with Crippen LogP contribution in [0, 0.1) is 0 Å². The first-order chi connectivity index (χ1) is 15.8. The van der Waals surface area contributed by atoms with Gasteiger partial charge in [0.05, 0.1) is 16.6 Å². The zero-order valence-electron chi connectivity index (χ0n) is 18.7. The van der Waals surface area contributed by atoms with Crippen molar-refractivity contribution >= 4 is 28.5 Å². The van der Waals surface area contributed by atoms with Crippen LogP contribution in [0.15, 0.2) is 24.4 Å². The van der Waals surface area contributed by atoms with Crippen molar-refractivity contribution in [1.82, 2.24) is 30.6 Å². The van der Waals surface area contributed by atoms with Crippen molar-refractivity contribution < 1.29 is 0 Å². The molecule has 2 fully saturated rings. The molecule has 3 aromatic rings. The van der Waals surface area contributed by atoms with Crippen LogP contribution in [-0.2, 0) is 0 Å². The van der Waals surface area contributed by atoms with Gasteiger partial charge in [-0.15, -0.1) is 0 Å². The monoisotopic (exact) mass is 435 g/mol. The van der Waals surface area contributed by atoms with Crippen molar-refractivity contribution in [3.8, 4) is 11.4 Å². The Hall–Kier alpha value is -2.91. The van der Waals surface area contributed by atoms with Gasteiger partial charge in [-0.1, -0.05) is 6.92 Å².